The van der Waals surface area contributed by atoms with Gasteiger partial charge in [0, 0.05) is 25.5 Å². The topological polar surface area (TPSA) is 68.5 Å². The van der Waals surface area contributed by atoms with Crippen molar-refractivity contribution >= 4 is 11.6 Å². The molecule has 18 heavy (non-hydrogen) atoms. The zero-order chi connectivity index (χ0) is 12.8. The second-order valence-electron chi connectivity index (χ2n) is 3.79. The van der Waals surface area contributed by atoms with Crippen LogP contribution >= 0.6 is 0 Å². The fraction of sp³-hybridized carbons (Fsp3) is 0.417. The van der Waals surface area contributed by atoms with E-state index in [0.717, 1.165) is 11.3 Å². The van der Waals surface area contributed by atoms with Gasteiger partial charge in [0.15, 0.2) is 5.65 Å². The summed E-state index contributed by atoms with van der Waals surface area (Å²) in [6.07, 6.45) is 7.48. The van der Waals surface area contributed by atoms with Crippen molar-refractivity contribution in [1.29, 1.82) is 0 Å². The Morgan fingerprint density at radius 1 is 1.50 bits per heavy atom. The minimum atomic E-state index is -0.174. The zero-order valence-corrected chi connectivity index (χ0v) is 10.3. The van der Waals surface area contributed by atoms with E-state index < -0.39 is 0 Å². The lowest BCUT2D eigenvalue weighted by Gasteiger charge is -2.04. The molecule has 2 heterocycles. The van der Waals surface area contributed by atoms with Gasteiger partial charge in [0.1, 0.15) is 0 Å². The molecule has 6 heteroatoms. The number of hydrogen-bond donors (Lipinski definition) is 1. The summed E-state index contributed by atoms with van der Waals surface area (Å²) in [6, 6.07) is 0. The van der Waals surface area contributed by atoms with Crippen LogP contribution in [-0.4, -0.2) is 33.5 Å². The van der Waals surface area contributed by atoms with Gasteiger partial charge >= 0.3 is 5.97 Å². The molecule has 0 spiro atoms. The number of carbonyl (C=O) groups excluding carboxylic acids is 1. The summed E-state index contributed by atoms with van der Waals surface area (Å²) < 4.78 is 6.81. The van der Waals surface area contributed by atoms with Crippen LogP contribution in [0.15, 0.2) is 24.8 Å². The molecule has 0 fully saturated rings. The van der Waals surface area contributed by atoms with Gasteiger partial charge < -0.3 is 10.1 Å². The standard InChI is InChI=1S/C12H16N4O2/c1-2-18-12(17)3-4-13-7-10-8-15-11-9-14-5-6-16(10)11/h5-6,8-9,13H,2-4,7H2,1H3. The van der Waals surface area contributed by atoms with E-state index in [4.69, 9.17) is 4.74 Å². The normalized spacial score (nSPS) is 10.7. The SMILES string of the molecule is CCOC(=O)CCNCc1cnc2cnccn12. The number of ether oxygens (including phenoxy) is 1. The first-order valence-corrected chi connectivity index (χ1v) is 5.93. The smallest absolute Gasteiger partial charge is 0.307 e. The number of imidazole rings is 1. The molecule has 2 aromatic heterocycles. The van der Waals surface area contributed by atoms with Gasteiger partial charge in [-0.05, 0) is 6.92 Å². The third kappa shape index (κ3) is 3.04. The number of carbonyl (C=O) groups is 1. The van der Waals surface area contributed by atoms with Crippen molar-refractivity contribution in [2.75, 3.05) is 13.2 Å². The van der Waals surface area contributed by atoms with Crippen LogP contribution < -0.4 is 5.32 Å². The van der Waals surface area contributed by atoms with E-state index in [-0.39, 0.29) is 5.97 Å². The van der Waals surface area contributed by atoms with Crippen molar-refractivity contribution < 1.29 is 9.53 Å². The van der Waals surface area contributed by atoms with Crippen LogP contribution in [-0.2, 0) is 16.1 Å². The molecule has 0 unspecified atom stereocenters. The molecule has 2 aromatic rings. The van der Waals surface area contributed by atoms with Crippen LogP contribution in [0.2, 0.25) is 0 Å². The van der Waals surface area contributed by atoms with Gasteiger partial charge in [-0.3, -0.25) is 14.2 Å². The Balaban J connectivity index is 1.82. The number of fused-ring (bicyclic) bond motifs is 1. The summed E-state index contributed by atoms with van der Waals surface area (Å²) in [7, 11) is 0. The van der Waals surface area contributed by atoms with E-state index in [1.54, 1.807) is 25.5 Å². The second-order valence-corrected chi connectivity index (χ2v) is 3.79. The molecule has 0 aromatic carbocycles. The molecule has 0 bridgehead atoms. The Labute approximate surface area is 105 Å². The fourth-order valence-corrected chi connectivity index (χ4v) is 1.67. The highest BCUT2D eigenvalue weighted by Gasteiger charge is 2.03. The van der Waals surface area contributed by atoms with E-state index in [0.29, 0.717) is 26.1 Å². The summed E-state index contributed by atoms with van der Waals surface area (Å²) in [5.41, 5.74) is 1.86. The van der Waals surface area contributed by atoms with Crippen molar-refractivity contribution in [3.05, 3.63) is 30.5 Å². The van der Waals surface area contributed by atoms with Gasteiger partial charge in [-0.25, -0.2) is 4.98 Å². The van der Waals surface area contributed by atoms with Crippen LogP contribution in [0.25, 0.3) is 5.65 Å². The molecule has 0 aliphatic heterocycles. The Morgan fingerprint density at radius 3 is 3.22 bits per heavy atom. The maximum atomic E-state index is 11.1. The molecule has 0 atom stereocenters. The monoisotopic (exact) mass is 248 g/mol. The molecule has 6 nitrogen and oxygen atoms in total. The van der Waals surface area contributed by atoms with Crippen molar-refractivity contribution in [2.24, 2.45) is 0 Å². The average Bonchev–Trinajstić information content (AvgIpc) is 2.78. The Morgan fingerprint density at radius 2 is 2.39 bits per heavy atom. The lowest BCUT2D eigenvalue weighted by atomic mass is 10.4. The minimum Gasteiger partial charge on any atom is -0.466 e. The number of esters is 1. The third-order valence-electron chi connectivity index (χ3n) is 2.51. The van der Waals surface area contributed by atoms with E-state index in [1.807, 2.05) is 10.6 Å². The van der Waals surface area contributed by atoms with Crippen LogP contribution in [0.5, 0.6) is 0 Å². The van der Waals surface area contributed by atoms with Crippen molar-refractivity contribution in [3.8, 4) is 0 Å². The molecule has 2 rings (SSSR count). The number of nitrogens with one attached hydrogen (secondary N) is 1. The lowest BCUT2D eigenvalue weighted by Crippen LogP contribution is -2.19. The molecule has 0 saturated heterocycles. The summed E-state index contributed by atoms with van der Waals surface area (Å²) in [4.78, 5) is 19.4. The molecular formula is C12H16N4O2. The van der Waals surface area contributed by atoms with Gasteiger partial charge in [0.2, 0.25) is 0 Å². The molecule has 1 N–H and O–H groups in total. The quantitative estimate of drug-likeness (QED) is 0.604. The number of hydrogen-bond acceptors (Lipinski definition) is 5. The number of aromatic nitrogens is 3. The van der Waals surface area contributed by atoms with E-state index in [2.05, 4.69) is 15.3 Å². The maximum absolute atomic E-state index is 11.1. The van der Waals surface area contributed by atoms with Crippen LogP contribution in [0.4, 0.5) is 0 Å². The van der Waals surface area contributed by atoms with Crippen LogP contribution in [0, 0.1) is 0 Å². The minimum absolute atomic E-state index is 0.174. The maximum Gasteiger partial charge on any atom is 0.307 e. The summed E-state index contributed by atoms with van der Waals surface area (Å²) in [6.45, 7) is 3.48. The largest absolute Gasteiger partial charge is 0.466 e. The van der Waals surface area contributed by atoms with Crippen molar-refractivity contribution in [3.63, 3.8) is 0 Å². The molecular weight excluding hydrogens is 232 g/mol. The molecule has 0 saturated carbocycles. The highest BCUT2D eigenvalue weighted by Crippen LogP contribution is 2.03. The van der Waals surface area contributed by atoms with E-state index >= 15 is 0 Å². The fourth-order valence-electron chi connectivity index (χ4n) is 1.67. The van der Waals surface area contributed by atoms with Gasteiger partial charge in [0.25, 0.3) is 0 Å². The van der Waals surface area contributed by atoms with Gasteiger partial charge in [-0.2, -0.15) is 0 Å². The lowest BCUT2D eigenvalue weighted by molar-refractivity contribution is -0.142. The predicted octanol–water partition coefficient (Wildman–Crippen LogP) is 0.772. The Kier molecular flexibility index (Phi) is 4.25. The van der Waals surface area contributed by atoms with Crippen LogP contribution in [0.1, 0.15) is 19.0 Å². The second kappa shape index (κ2) is 6.11. The first kappa shape index (κ1) is 12.5. The molecule has 0 amide bonds. The average molecular weight is 248 g/mol. The van der Waals surface area contributed by atoms with Gasteiger partial charge in [-0.1, -0.05) is 0 Å². The van der Waals surface area contributed by atoms with Gasteiger partial charge in [-0.15, -0.1) is 0 Å². The molecule has 0 aliphatic carbocycles. The highest BCUT2D eigenvalue weighted by molar-refractivity contribution is 5.69. The van der Waals surface area contributed by atoms with E-state index in [1.165, 1.54) is 0 Å². The summed E-state index contributed by atoms with van der Waals surface area (Å²) in [5.74, 6) is -0.174. The van der Waals surface area contributed by atoms with E-state index in [9.17, 15) is 4.79 Å². The van der Waals surface area contributed by atoms with Gasteiger partial charge in [0.05, 0.1) is 31.1 Å². The van der Waals surface area contributed by atoms with Crippen LogP contribution in [0.3, 0.4) is 0 Å². The number of rotatable bonds is 6. The number of nitrogens with zero attached hydrogens (tertiary/aromatic N) is 3. The van der Waals surface area contributed by atoms with Crippen molar-refractivity contribution in [2.45, 2.75) is 19.9 Å². The molecule has 96 valence electrons. The van der Waals surface area contributed by atoms with Crippen molar-refractivity contribution in [1.82, 2.24) is 19.7 Å². The first-order valence-electron chi connectivity index (χ1n) is 5.93. The zero-order valence-electron chi connectivity index (χ0n) is 10.3. The summed E-state index contributed by atoms with van der Waals surface area (Å²) in [5, 5.41) is 3.19. The Hall–Kier alpha value is -1.95. The molecule has 0 aliphatic rings. The first-order chi connectivity index (χ1) is 8.81. The Bertz CT molecular complexity index is 524. The summed E-state index contributed by atoms with van der Waals surface area (Å²) >= 11 is 0. The highest BCUT2D eigenvalue weighted by atomic mass is 16.5. The predicted molar refractivity (Wildman–Crippen MR) is 65.9 cm³/mol. The molecule has 0 radical (unpaired) electrons. The third-order valence-corrected chi connectivity index (χ3v) is 2.51.